The highest BCUT2D eigenvalue weighted by molar-refractivity contribution is 8.39. The van der Waals surface area contributed by atoms with Gasteiger partial charge < -0.3 is 39.3 Å². The van der Waals surface area contributed by atoms with E-state index in [0.29, 0.717) is 0 Å². The monoisotopic (exact) mass is 712 g/mol. The molecular formula is C20H22F2N9O10P2S2+. The number of nitrogen functional groups attached to an aromatic ring is 1. The van der Waals surface area contributed by atoms with Crippen LogP contribution in [0.15, 0.2) is 28.2 Å². The third-order valence-corrected chi connectivity index (χ3v) is 9.23. The number of aromatic amines is 2. The Morgan fingerprint density at radius 2 is 1.93 bits per heavy atom. The molecule has 0 spiro atoms. The molecule has 10 atom stereocenters. The Morgan fingerprint density at radius 1 is 1.18 bits per heavy atom. The highest BCUT2D eigenvalue weighted by Crippen LogP contribution is 2.51. The van der Waals surface area contributed by atoms with Crippen molar-refractivity contribution in [2.75, 3.05) is 18.9 Å². The first-order chi connectivity index (χ1) is 21.4. The lowest BCUT2D eigenvalue weighted by Gasteiger charge is -2.25. The molecular weight excluding hydrogens is 690 g/mol. The van der Waals surface area contributed by atoms with Gasteiger partial charge in [-0.2, -0.15) is 9.67 Å². The van der Waals surface area contributed by atoms with Crippen LogP contribution in [0.2, 0.25) is 0 Å². The number of nitrogens with two attached hydrogens (primary N) is 1. The van der Waals surface area contributed by atoms with Gasteiger partial charge in [-0.3, -0.25) is 19.1 Å². The molecule has 0 saturated carbocycles. The molecule has 0 aromatic carbocycles. The zero-order chi connectivity index (χ0) is 32.2. The SMILES string of the molecule is Nc1nc2c(nnn2[C@@H]2O[C@H](CO)[C@H](F)[C@H]2OP(O)(=S)OC[C@H]2O[C@@H](n3ccc4c(=O)[nH]cnc43)[C@@H](F)[C@@H]2O[P+](=O)S)c(=O)[nH]1. The molecule has 2 saturated heterocycles. The minimum Gasteiger partial charge on any atom is -0.394 e. The number of fused-ring (bicyclic) bond motifs is 2. The van der Waals surface area contributed by atoms with Gasteiger partial charge in [0.1, 0.15) is 36.2 Å². The van der Waals surface area contributed by atoms with Crippen LogP contribution in [0.5, 0.6) is 0 Å². The average molecular weight is 713 g/mol. The van der Waals surface area contributed by atoms with E-state index in [2.05, 4.69) is 42.5 Å². The first kappa shape index (κ1) is 32.1. The number of aromatic nitrogens is 8. The zero-order valence-electron chi connectivity index (χ0n) is 22.2. The predicted octanol–water partition coefficient (Wildman–Crippen LogP) is -0.111. The van der Waals surface area contributed by atoms with Gasteiger partial charge in [0.05, 0.1) is 24.9 Å². The number of anilines is 1. The van der Waals surface area contributed by atoms with Crippen molar-refractivity contribution < 1.29 is 46.4 Å². The van der Waals surface area contributed by atoms with E-state index >= 15 is 8.78 Å². The Morgan fingerprint density at radius 3 is 2.67 bits per heavy atom. The number of nitrogens with zero attached hydrogens (tertiary/aromatic N) is 6. The van der Waals surface area contributed by atoms with Crippen molar-refractivity contribution in [3.63, 3.8) is 0 Å². The van der Waals surface area contributed by atoms with Crippen LogP contribution in [-0.2, 0) is 39.4 Å². The standard InChI is InChI=1S/C20H21F2N9O10P2S2/c21-9-7(3-32)38-19(31-15-11(28-29-31)17(34)27-20(23)26-15)13(9)41-43(36,45)37-4-8-12(40-42(35)44)10(22)18(39-8)30-2-1-6-14(30)24-5-25-16(6)33/h1-2,5,7-10,12-13,18-19,32H,3-4H2,(H5-,23,24,25,26,27,29,33,34,35,36,44,45)/p+1/t7-,8-,9+,10+,12-,13-,18-,19-,43?/m1/s1. The number of aliphatic hydroxyl groups excluding tert-OH is 1. The van der Waals surface area contributed by atoms with Crippen molar-refractivity contribution in [1.82, 2.24) is 39.5 Å². The first-order valence-electron chi connectivity index (χ1n) is 12.7. The zero-order valence-corrected chi connectivity index (χ0v) is 25.7. The number of hydrogen-bond acceptors (Lipinski definition) is 15. The van der Waals surface area contributed by atoms with Crippen LogP contribution < -0.4 is 16.9 Å². The topological polar surface area (TPSA) is 257 Å². The fourth-order valence-corrected chi connectivity index (χ4v) is 7.19. The van der Waals surface area contributed by atoms with Crippen LogP contribution in [0.1, 0.15) is 12.5 Å². The van der Waals surface area contributed by atoms with E-state index in [1.54, 1.807) is 0 Å². The molecule has 4 aromatic heterocycles. The van der Waals surface area contributed by atoms with E-state index in [-0.39, 0.29) is 28.1 Å². The molecule has 242 valence electrons. The number of halogens is 2. The molecule has 0 radical (unpaired) electrons. The number of nitrogens with one attached hydrogen (secondary N) is 2. The number of thiol groups is 1. The Bertz CT molecular complexity index is 1930. The molecule has 2 aliphatic rings. The minimum atomic E-state index is -4.45. The maximum atomic E-state index is 15.7. The predicted molar refractivity (Wildman–Crippen MR) is 154 cm³/mol. The lowest BCUT2D eigenvalue weighted by Crippen LogP contribution is -2.34. The van der Waals surface area contributed by atoms with Gasteiger partial charge in [0, 0.05) is 6.20 Å². The lowest BCUT2D eigenvalue weighted by molar-refractivity contribution is -0.0587. The van der Waals surface area contributed by atoms with Crippen LogP contribution in [0, 0.1) is 0 Å². The second-order valence-electron chi connectivity index (χ2n) is 9.69. The number of alkyl halides is 2. The largest absolute Gasteiger partial charge is 0.582 e. The van der Waals surface area contributed by atoms with Crippen LogP contribution in [-0.4, -0.2) is 99.5 Å². The third kappa shape index (κ3) is 6.05. The van der Waals surface area contributed by atoms with Crippen molar-refractivity contribution in [3.8, 4) is 0 Å². The van der Waals surface area contributed by atoms with Crippen LogP contribution in [0.25, 0.3) is 22.2 Å². The van der Waals surface area contributed by atoms with Gasteiger partial charge in [-0.15, -0.1) is 9.62 Å². The molecule has 6 N–H and O–H groups in total. The highest BCUT2D eigenvalue weighted by Gasteiger charge is 2.53. The molecule has 45 heavy (non-hydrogen) atoms. The molecule has 2 unspecified atom stereocenters. The van der Waals surface area contributed by atoms with Gasteiger partial charge >= 0.3 is 13.9 Å². The van der Waals surface area contributed by atoms with Gasteiger partial charge in [-0.1, -0.05) is 5.21 Å². The fourth-order valence-electron chi connectivity index (χ4n) is 5.00. The summed E-state index contributed by atoms with van der Waals surface area (Å²) in [5, 5.41) is 17.2. The molecule has 6 heterocycles. The summed E-state index contributed by atoms with van der Waals surface area (Å²) >= 11 is 8.78. The number of ether oxygens (including phenoxy) is 2. The van der Waals surface area contributed by atoms with Crippen molar-refractivity contribution in [2.24, 2.45) is 0 Å². The van der Waals surface area contributed by atoms with E-state index in [9.17, 15) is 24.2 Å². The third-order valence-electron chi connectivity index (χ3n) is 6.96. The van der Waals surface area contributed by atoms with E-state index in [0.717, 1.165) is 11.0 Å². The number of aliphatic hydroxyl groups is 1. The molecule has 2 aliphatic heterocycles. The van der Waals surface area contributed by atoms with Gasteiger partial charge in [-0.25, -0.2) is 13.8 Å². The van der Waals surface area contributed by atoms with Crippen molar-refractivity contribution >= 4 is 66.1 Å². The lowest BCUT2D eigenvalue weighted by atomic mass is 10.1. The summed E-state index contributed by atoms with van der Waals surface area (Å²) in [7, 11) is -2.66. The molecule has 0 bridgehead atoms. The van der Waals surface area contributed by atoms with Crippen molar-refractivity contribution in [2.45, 2.75) is 49.2 Å². The molecule has 4 aromatic rings. The van der Waals surface area contributed by atoms with E-state index in [1.165, 1.54) is 16.8 Å². The van der Waals surface area contributed by atoms with Gasteiger partial charge in [0.2, 0.25) is 5.95 Å². The van der Waals surface area contributed by atoms with Crippen LogP contribution in [0.4, 0.5) is 14.7 Å². The summed E-state index contributed by atoms with van der Waals surface area (Å²) in [5.41, 5.74) is 3.97. The highest BCUT2D eigenvalue weighted by atomic mass is 32.7. The first-order valence-corrected chi connectivity index (χ1v) is 17.6. The summed E-state index contributed by atoms with van der Waals surface area (Å²) in [6.45, 7) is -5.98. The second-order valence-corrected chi connectivity index (χ2v) is 14.1. The molecule has 6 rings (SSSR count). The number of rotatable bonds is 10. The van der Waals surface area contributed by atoms with Gasteiger partial charge in [-0.05, 0) is 22.4 Å². The molecule has 19 nitrogen and oxygen atoms in total. The van der Waals surface area contributed by atoms with Crippen LogP contribution >= 0.6 is 26.2 Å². The molecule has 2 fully saturated rings. The maximum absolute atomic E-state index is 15.7. The summed E-state index contributed by atoms with van der Waals surface area (Å²) < 4.78 is 72.2. The van der Waals surface area contributed by atoms with Gasteiger partial charge in [0.15, 0.2) is 42.1 Å². The average Bonchev–Trinajstić information content (AvgIpc) is 3.73. The van der Waals surface area contributed by atoms with E-state index < -0.39 is 87.5 Å². The summed E-state index contributed by atoms with van der Waals surface area (Å²) in [4.78, 5) is 47.8. The quantitative estimate of drug-likeness (QED) is 0.0926. The summed E-state index contributed by atoms with van der Waals surface area (Å²) in [5.74, 6) is -0.311. The van der Waals surface area contributed by atoms with Crippen molar-refractivity contribution in [1.29, 1.82) is 0 Å². The summed E-state index contributed by atoms with van der Waals surface area (Å²) in [6, 6.07) is 1.39. The Labute approximate surface area is 259 Å². The minimum absolute atomic E-state index is 0.0798. The molecule has 0 aliphatic carbocycles. The molecule has 0 amide bonds. The number of H-pyrrole nitrogens is 2. The normalized spacial score (nSPS) is 30.3. The Balaban J connectivity index is 1.23. The summed E-state index contributed by atoms with van der Waals surface area (Å²) in [6.07, 6.45) is -10.9. The Kier molecular flexibility index (Phi) is 8.86. The van der Waals surface area contributed by atoms with E-state index in [4.69, 9.17) is 40.6 Å². The van der Waals surface area contributed by atoms with Gasteiger partial charge in [0.25, 0.3) is 11.1 Å². The number of hydrogen-bond donors (Lipinski definition) is 6. The van der Waals surface area contributed by atoms with E-state index in [1.807, 2.05) is 0 Å². The fraction of sp³-hybridized carbons (Fsp3) is 0.500. The van der Waals surface area contributed by atoms with Crippen molar-refractivity contribution in [3.05, 3.63) is 39.3 Å². The maximum Gasteiger partial charge on any atom is 0.582 e. The Hall–Kier alpha value is -2.82. The van der Waals surface area contributed by atoms with Crippen LogP contribution in [0.3, 0.4) is 0 Å². The smallest absolute Gasteiger partial charge is 0.394 e. The second kappa shape index (κ2) is 12.4. The molecule has 25 heteroatoms.